The molecular formula is C14H8F6OP. The molecule has 1 nitrogen and oxygen atoms in total. The first-order chi connectivity index (χ1) is 9.66. The summed E-state index contributed by atoms with van der Waals surface area (Å²) in [6.07, 6.45) is -8.90. The van der Waals surface area contributed by atoms with Gasteiger partial charge in [0.2, 0.25) is 0 Å². The third kappa shape index (κ3) is 4.63. The molecule has 2 rings (SSSR count). The third-order valence-electron chi connectivity index (χ3n) is 2.60. The number of benzene rings is 2. The SMILES string of the molecule is FC(F)(F)c1ccc(Oc2ccc(C(F)(F)F)cc2)cc1.[P]. The Balaban J connectivity index is 0.00000242. The lowest BCUT2D eigenvalue weighted by Gasteiger charge is -2.10. The Morgan fingerprint density at radius 3 is 1.05 bits per heavy atom. The fourth-order valence-corrected chi connectivity index (χ4v) is 1.56. The minimum Gasteiger partial charge on any atom is -0.457 e. The Morgan fingerprint density at radius 1 is 0.545 bits per heavy atom. The molecule has 0 aliphatic heterocycles. The lowest BCUT2D eigenvalue weighted by molar-refractivity contribution is -0.138. The van der Waals surface area contributed by atoms with Crippen LogP contribution < -0.4 is 4.74 Å². The second kappa shape index (κ2) is 6.57. The first-order valence-electron chi connectivity index (χ1n) is 5.68. The Kier molecular flexibility index (Phi) is 5.46. The van der Waals surface area contributed by atoms with Crippen molar-refractivity contribution < 1.29 is 31.1 Å². The van der Waals surface area contributed by atoms with Gasteiger partial charge in [-0.3, -0.25) is 0 Å². The van der Waals surface area contributed by atoms with Gasteiger partial charge in [0.15, 0.2) is 0 Å². The van der Waals surface area contributed by atoms with Crippen molar-refractivity contribution in [2.45, 2.75) is 12.4 Å². The zero-order valence-corrected chi connectivity index (χ0v) is 11.6. The van der Waals surface area contributed by atoms with Gasteiger partial charge in [-0.15, -0.1) is 0 Å². The average molecular weight is 337 g/mol. The van der Waals surface area contributed by atoms with E-state index in [4.69, 9.17) is 4.74 Å². The molecule has 0 heterocycles. The first kappa shape index (κ1) is 18.3. The molecule has 0 amide bonds. The zero-order chi connectivity index (χ0) is 15.7. The van der Waals surface area contributed by atoms with E-state index in [-0.39, 0.29) is 21.4 Å². The number of alkyl halides is 6. The smallest absolute Gasteiger partial charge is 0.416 e. The summed E-state index contributed by atoms with van der Waals surface area (Å²) in [5, 5.41) is 0. The summed E-state index contributed by atoms with van der Waals surface area (Å²) in [6.45, 7) is 0. The van der Waals surface area contributed by atoms with Crippen molar-refractivity contribution >= 4 is 9.90 Å². The molecule has 22 heavy (non-hydrogen) atoms. The van der Waals surface area contributed by atoms with Crippen LogP contribution in [0.1, 0.15) is 11.1 Å². The third-order valence-corrected chi connectivity index (χ3v) is 2.60. The van der Waals surface area contributed by atoms with Crippen molar-refractivity contribution in [2.75, 3.05) is 0 Å². The normalized spacial score (nSPS) is 11.7. The van der Waals surface area contributed by atoms with Crippen LogP contribution in [0.3, 0.4) is 0 Å². The Bertz CT molecular complexity index is 546. The number of ether oxygens (including phenoxy) is 1. The van der Waals surface area contributed by atoms with Crippen LogP contribution in [0.2, 0.25) is 0 Å². The van der Waals surface area contributed by atoms with E-state index in [1.807, 2.05) is 0 Å². The molecule has 0 aliphatic rings. The van der Waals surface area contributed by atoms with Gasteiger partial charge < -0.3 is 4.74 Å². The molecule has 8 heteroatoms. The van der Waals surface area contributed by atoms with Gasteiger partial charge in [0, 0.05) is 9.90 Å². The second-order valence-corrected chi connectivity index (χ2v) is 4.15. The van der Waals surface area contributed by atoms with E-state index in [0.29, 0.717) is 0 Å². The maximum absolute atomic E-state index is 12.4. The maximum Gasteiger partial charge on any atom is 0.416 e. The molecule has 0 saturated carbocycles. The summed E-state index contributed by atoms with van der Waals surface area (Å²) in [4.78, 5) is 0. The van der Waals surface area contributed by atoms with E-state index < -0.39 is 23.5 Å². The molecule has 0 N–H and O–H groups in total. The summed E-state index contributed by atoms with van der Waals surface area (Å²) in [5.41, 5.74) is -1.66. The maximum atomic E-state index is 12.4. The predicted molar refractivity (Wildman–Crippen MR) is 69.9 cm³/mol. The molecule has 3 radical (unpaired) electrons. The van der Waals surface area contributed by atoms with Gasteiger partial charge in [-0.05, 0) is 48.5 Å². The van der Waals surface area contributed by atoms with Crippen molar-refractivity contribution in [3.8, 4) is 11.5 Å². The second-order valence-electron chi connectivity index (χ2n) is 4.15. The monoisotopic (exact) mass is 337 g/mol. The number of rotatable bonds is 2. The minimum absolute atomic E-state index is 0. The van der Waals surface area contributed by atoms with Crippen LogP contribution in [0.25, 0.3) is 0 Å². The van der Waals surface area contributed by atoms with E-state index in [1.54, 1.807) is 0 Å². The summed E-state index contributed by atoms with van der Waals surface area (Å²) in [7, 11) is 0. The van der Waals surface area contributed by atoms with Crippen LogP contribution in [-0.2, 0) is 12.4 Å². The standard InChI is InChI=1S/C14H8F6O.P/c15-13(16,17)9-1-5-11(6-2-9)21-12-7-3-10(4-8-12)14(18,19)20;/h1-8H;. The lowest BCUT2D eigenvalue weighted by atomic mass is 10.2. The quantitative estimate of drug-likeness (QED) is 0.456. The minimum atomic E-state index is -4.45. The van der Waals surface area contributed by atoms with Gasteiger partial charge in [-0.1, -0.05) is 0 Å². The van der Waals surface area contributed by atoms with E-state index in [9.17, 15) is 26.3 Å². The highest BCUT2D eigenvalue weighted by atomic mass is 31.0. The number of hydrogen-bond donors (Lipinski definition) is 0. The van der Waals surface area contributed by atoms with Crippen LogP contribution in [-0.4, -0.2) is 0 Å². The largest absolute Gasteiger partial charge is 0.457 e. The molecule has 0 unspecified atom stereocenters. The number of hydrogen-bond acceptors (Lipinski definition) is 1. The highest BCUT2D eigenvalue weighted by Crippen LogP contribution is 2.33. The van der Waals surface area contributed by atoms with Gasteiger partial charge in [0.05, 0.1) is 11.1 Å². The molecule has 117 valence electrons. The topological polar surface area (TPSA) is 9.23 Å². The summed E-state index contributed by atoms with van der Waals surface area (Å²) < 4.78 is 79.3. The van der Waals surface area contributed by atoms with Crippen molar-refractivity contribution in [1.82, 2.24) is 0 Å². The summed E-state index contributed by atoms with van der Waals surface area (Å²) >= 11 is 0. The van der Waals surface area contributed by atoms with Crippen molar-refractivity contribution in [2.24, 2.45) is 0 Å². The van der Waals surface area contributed by atoms with E-state index >= 15 is 0 Å². The molecule has 0 spiro atoms. The predicted octanol–water partition coefficient (Wildman–Crippen LogP) is 6.38. The molecular weight excluding hydrogens is 329 g/mol. The van der Waals surface area contributed by atoms with Crippen molar-refractivity contribution in [1.29, 1.82) is 0 Å². The zero-order valence-electron chi connectivity index (χ0n) is 10.7. The molecule has 2 aromatic rings. The Morgan fingerprint density at radius 2 is 0.818 bits per heavy atom. The summed E-state index contributed by atoms with van der Waals surface area (Å²) in [6, 6.07) is 7.72. The van der Waals surface area contributed by atoms with Gasteiger partial charge >= 0.3 is 12.4 Å². The van der Waals surface area contributed by atoms with Crippen molar-refractivity contribution in [3.63, 3.8) is 0 Å². The van der Waals surface area contributed by atoms with Gasteiger partial charge in [-0.2, -0.15) is 26.3 Å². The van der Waals surface area contributed by atoms with E-state index in [0.717, 1.165) is 48.5 Å². The highest BCUT2D eigenvalue weighted by molar-refractivity contribution is 6.92. The van der Waals surface area contributed by atoms with Crippen LogP contribution >= 0.6 is 9.90 Å². The van der Waals surface area contributed by atoms with Crippen LogP contribution in [0.5, 0.6) is 11.5 Å². The van der Waals surface area contributed by atoms with Gasteiger partial charge in [0.25, 0.3) is 0 Å². The van der Waals surface area contributed by atoms with Gasteiger partial charge in [0.1, 0.15) is 11.5 Å². The van der Waals surface area contributed by atoms with Crippen LogP contribution in [0, 0.1) is 0 Å². The Hall–Kier alpha value is -1.75. The van der Waals surface area contributed by atoms with Crippen LogP contribution in [0.4, 0.5) is 26.3 Å². The van der Waals surface area contributed by atoms with Gasteiger partial charge in [-0.25, -0.2) is 0 Å². The molecule has 0 aliphatic carbocycles. The molecule has 0 saturated heterocycles. The highest BCUT2D eigenvalue weighted by Gasteiger charge is 2.31. The van der Waals surface area contributed by atoms with Crippen LogP contribution in [0.15, 0.2) is 48.5 Å². The molecule has 2 aromatic carbocycles. The fraction of sp³-hybridized carbons (Fsp3) is 0.143. The van der Waals surface area contributed by atoms with E-state index in [2.05, 4.69) is 0 Å². The molecule has 0 fully saturated rings. The van der Waals surface area contributed by atoms with Crippen molar-refractivity contribution in [3.05, 3.63) is 59.7 Å². The Labute approximate surface area is 125 Å². The fourth-order valence-electron chi connectivity index (χ4n) is 1.56. The number of halogens is 6. The van der Waals surface area contributed by atoms with E-state index in [1.165, 1.54) is 0 Å². The lowest BCUT2D eigenvalue weighted by Crippen LogP contribution is -2.04. The summed E-state index contributed by atoms with van der Waals surface area (Å²) in [5.74, 6) is 0.200. The molecule has 0 atom stereocenters. The first-order valence-corrected chi connectivity index (χ1v) is 5.68. The molecule has 0 aromatic heterocycles. The molecule has 0 bridgehead atoms. The average Bonchev–Trinajstić information content (AvgIpc) is 2.38.